The van der Waals surface area contributed by atoms with Gasteiger partial charge in [0.25, 0.3) is 0 Å². The summed E-state index contributed by atoms with van der Waals surface area (Å²) in [4.78, 5) is 0. The fraction of sp³-hybridized carbons (Fsp3) is 0.308. The Bertz CT molecular complexity index is 995. The van der Waals surface area contributed by atoms with Crippen LogP contribution in [0.5, 0.6) is 0 Å². The number of hydrogen-bond acceptors (Lipinski definition) is 0. The molecule has 3 aromatic rings. The van der Waals surface area contributed by atoms with Gasteiger partial charge in [0.2, 0.25) is 0 Å². The molecule has 0 radical (unpaired) electrons. The topological polar surface area (TPSA) is 0 Å². The summed E-state index contributed by atoms with van der Waals surface area (Å²) in [5.41, 5.74) is 8.41. The molecule has 27 heavy (non-hydrogen) atoms. The van der Waals surface area contributed by atoms with Crippen molar-refractivity contribution in [3.63, 3.8) is 0 Å². The van der Waals surface area contributed by atoms with Crippen molar-refractivity contribution in [2.24, 2.45) is 0 Å². The predicted octanol–water partition coefficient (Wildman–Crippen LogP) is 8.02. The highest BCUT2D eigenvalue weighted by atomic mass is 35.5. The van der Waals surface area contributed by atoms with Crippen LogP contribution < -0.4 is 0 Å². The smallest absolute Gasteiger partial charge is 0.0412 e. The highest BCUT2D eigenvalue weighted by Gasteiger charge is 2.36. The molecule has 0 bridgehead atoms. The molecule has 4 rings (SSSR count). The maximum atomic E-state index is 6.19. The van der Waals surface area contributed by atoms with Crippen LogP contribution in [0.15, 0.2) is 66.7 Å². The Morgan fingerprint density at radius 3 is 1.74 bits per heavy atom. The molecule has 1 aliphatic rings. The summed E-state index contributed by atoms with van der Waals surface area (Å²) in [7, 11) is 0. The van der Waals surface area contributed by atoms with Gasteiger partial charge in [0.15, 0.2) is 0 Å². The Hall–Kier alpha value is -2.05. The Labute approximate surface area is 168 Å². The van der Waals surface area contributed by atoms with E-state index in [0.29, 0.717) is 0 Å². The maximum absolute atomic E-state index is 6.19. The summed E-state index contributed by atoms with van der Waals surface area (Å²) in [5.74, 6) is 0. The Balaban J connectivity index is 1.80. The van der Waals surface area contributed by atoms with E-state index in [4.69, 9.17) is 11.6 Å². The van der Waals surface area contributed by atoms with E-state index < -0.39 is 0 Å². The van der Waals surface area contributed by atoms with Gasteiger partial charge in [0.05, 0.1) is 0 Å². The lowest BCUT2D eigenvalue weighted by Crippen LogP contribution is -2.33. The van der Waals surface area contributed by atoms with E-state index in [1.165, 1.54) is 40.7 Å². The Morgan fingerprint density at radius 1 is 0.593 bits per heavy atom. The molecule has 0 fully saturated rings. The van der Waals surface area contributed by atoms with Crippen molar-refractivity contribution in [1.82, 2.24) is 0 Å². The largest absolute Gasteiger partial charge is 0.0843 e. The summed E-state index contributed by atoms with van der Waals surface area (Å²) >= 11 is 6.19. The molecule has 1 aliphatic carbocycles. The first-order valence-corrected chi connectivity index (χ1v) is 10.2. The molecular weight excluding hydrogens is 348 g/mol. The minimum atomic E-state index is 0.228. The second-order valence-corrected chi connectivity index (χ2v) is 9.56. The minimum absolute atomic E-state index is 0.228. The average Bonchev–Trinajstić information content (AvgIpc) is 2.65. The number of rotatable bonds is 2. The molecule has 0 aromatic heterocycles. The first-order valence-electron chi connectivity index (χ1n) is 9.78. The molecular formula is C26H27Cl. The van der Waals surface area contributed by atoms with Crippen molar-refractivity contribution in [2.45, 2.75) is 51.4 Å². The maximum Gasteiger partial charge on any atom is 0.0412 e. The van der Waals surface area contributed by atoms with Crippen molar-refractivity contribution in [2.75, 3.05) is 0 Å². The molecule has 0 nitrogen and oxygen atoms in total. The Kier molecular flexibility index (Phi) is 4.43. The van der Waals surface area contributed by atoms with Gasteiger partial charge in [0.1, 0.15) is 0 Å². The molecule has 0 atom stereocenters. The van der Waals surface area contributed by atoms with E-state index in [1.54, 1.807) is 0 Å². The number of hydrogen-bond donors (Lipinski definition) is 0. The van der Waals surface area contributed by atoms with Crippen molar-refractivity contribution in [3.05, 3.63) is 82.9 Å². The lowest BCUT2D eigenvalue weighted by molar-refractivity contribution is 0.332. The van der Waals surface area contributed by atoms with E-state index in [2.05, 4.69) is 76.2 Å². The molecule has 0 aliphatic heterocycles. The van der Waals surface area contributed by atoms with Gasteiger partial charge in [-0.3, -0.25) is 0 Å². The van der Waals surface area contributed by atoms with Gasteiger partial charge < -0.3 is 0 Å². The third kappa shape index (κ3) is 3.44. The molecule has 0 unspecified atom stereocenters. The van der Waals surface area contributed by atoms with E-state index in [1.807, 2.05) is 18.2 Å². The van der Waals surface area contributed by atoms with Crippen LogP contribution in [0, 0.1) is 0 Å². The van der Waals surface area contributed by atoms with Crippen LogP contribution in [-0.4, -0.2) is 0 Å². The zero-order valence-electron chi connectivity index (χ0n) is 16.6. The summed E-state index contributed by atoms with van der Waals surface area (Å²) in [6.07, 6.45) is 2.48. The summed E-state index contributed by atoms with van der Waals surface area (Å²) < 4.78 is 0. The van der Waals surface area contributed by atoms with Crippen LogP contribution in [0.1, 0.15) is 51.7 Å². The van der Waals surface area contributed by atoms with Gasteiger partial charge in [-0.05, 0) is 75.3 Å². The average molecular weight is 375 g/mol. The predicted molar refractivity (Wildman–Crippen MR) is 118 cm³/mol. The monoisotopic (exact) mass is 374 g/mol. The molecule has 1 heteroatoms. The quantitative estimate of drug-likeness (QED) is 0.426. The second kappa shape index (κ2) is 6.53. The van der Waals surface area contributed by atoms with Gasteiger partial charge in [-0.1, -0.05) is 87.8 Å². The summed E-state index contributed by atoms with van der Waals surface area (Å²) in [5, 5.41) is 0.774. The van der Waals surface area contributed by atoms with Crippen LogP contribution in [0.3, 0.4) is 0 Å². The molecule has 0 N–H and O–H groups in total. The summed E-state index contributed by atoms with van der Waals surface area (Å²) in [6, 6.07) is 23.9. The van der Waals surface area contributed by atoms with E-state index >= 15 is 0 Å². The molecule has 0 saturated heterocycles. The fourth-order valence-corrected chi connectivity index (χ4v) is 4.50. The van der Waals surface area contributed by atoms with Crippen molar-refractivity contribution in [3.8, 4) is 22.3 Å². The van der Waals surface area contributed by atoms with Gasteiger partial charge in [-0.25, -0.2) is 0 Å². The highest BCUT2D eigenvalue weighted by Crippen LogP contribution is 2.46. The van der Waals surface area contributed by atoms with Gasteiger partial charge in [-0.15, -0.1) is 0 Å². The standard InChI is InChI=1S/C26H27Cl/c1-25(2)13-14-26(3,4)24-17-21(11-12-23(24)25)19-8-5-7-18(15-19)20-9-6-10-22(27)16-20/h5-12,15-17H,13-14H2,1-4H3. The van der Waals surface area contributed by atoms with Crippen molar-refractivity contribution >= 4 is 11.6 Å². The molecule has 138 valence electrons. The first-order chi connectivity index (χ1) is 12.8. The van der Waals surface area contributed by atoms with Crippen molar-refractivity contribution < 1.29 is 0 Å². The minimum Gasteiger partial charge on any atom is -0.0843 e. The lowest BCUT2D eigenvalue weighted by Gasteiger charge is -2.42. The van der Waals surface area contributed by atoms with Crippen LogP contribution in [0.25, 0.3) is 22.3 Å². The molecule has 0 saturated carbocycles. The molecule has 3 aromatic carbocycles. The van der Waals surface area contributed by atoms with Crippen LogP contribution in [0.4, 0.5) is 0 Å². The zero-order chi connectivity index (χ0) is 19.2. The number of fused-ring (bicyclic) bond motifs is 1. The fourth-order valence-electron chi connectivity index (χ4n) is 4.31. The zero-order valence-corrected chi connectivity index (χ0v) is 17.4. The molecule has 0 heterocycles. The van der Waals surface area contributed by atoms with Crippen molar-refractivity contribution in [1.29, 1.82) is 0 Å². The third-order valence-electron chi connectivity index (χ3n) is 6.21. The van der Waals surface area contributed by atoms with E-state index in [9.17, 15) is 0 Å². The molecule has 0 spiro atoms. The lowest BCUT2D eigenvalue weighted by atomic mass is 9.63. The molecule has 0 amide bonds. The van der Waals surface area contributed by atoms with Gasteiger partial charge in [0, 0.05) is 5.02 Å². The van der Waals surface area contributed by atoms with E-state index in [0.717, 1.165) is 10.6 Å². The van der Waals surface area contributed by atoms with Gasteiger partial charge >= 0.3 is 0 Å². The van der Waals surface area contributed by atoms with Crippen LogP contribution >= 0.6 is 11.6 Å². The number of benzene rings is 3. The second-order valence-electron chi connectivity index (χ2n) is 9.12. The Morgan fingerprint density at radius 2 is 1.11 bits per heavy atom. The highest BCUT2D eigenvalue weighted by molar-refractivity contribution is 6.30. The SMILES string of the molecule is CC1(C)CCC(C)(C)c2cc(-c3cccc(-c4cccc(Cl)c4)c3)ccc21. The van der Waals surface area contributed by atoms with Gasteiger partial charge in [-0.2, -0.15) is 0 Å². The number of halogens is 1. The third-order valence-corrected chi connectivity index (χ3v) is 6.44. The first kappa shape index (κ1) is 18.3. The summed E-state index contributed by atoms with van der Waals surface area (Å²) in [6.45, 7) is 9.52. The van der Waals surface area contributed by atoms with Crippen LogP contribution in [0.2, 0.25) is 5.02 Å². The normalized spacial score (nSPS) is 17.4. The van der Waals surface area contributed by atoms with Crippen LogP contribution in [-0.2, 0) is 10.8 Å². The van der Waals surface area contributed by atoms with E-state index in [-0.39, 0.29) is 10.8 Å².